The van der Waals surface area contributed by atoms with Crippen molar-refractivity contribution in [3.8, 4) is 0 Å². The van der Waals surface area contributed by atoms with Crippen LogP contribution in [0.15, 0.2) is 17.8 Å². The summed E-state index contributed by atoms with van der Waals surface area (Å²) in [6.45, 7) is 4.00. The molecule has 11 heteroatoms. The number of nitrogens with two attached hydrogens (primary N) is 1. The van der Waals surface area contributed by atoms with Crippen molar-refractivity contribution in [2.75, 3.05) is 26.7 Å². The molecule has 0 bridgehead atoms. The largest absolute Gasteiger partial charge is 0.431 e. The van der Waals surface area contributed by atoms with Gasteiger partial charge in [0.2, 0.25) is 0 Å². The number of piperazine rings is 1. The SMILES string of the molecule is C[C@@H]1CN(C(=O)c2n[nH]c3ccc4nc(C(C=N)=C(N)C(F)(F)F)c5c(c4c23)CCCC5)CCN1C. The lowest BCUT2D eigenvalue weighted by molar-refractivity contribution is -0.0919. The number of H-pyrrole nitrogens is 1. The number of fused-ring (bicyclic) bond motifs is 5. The zero-order valence-electron chi connectivity index (χ0n) is 20.2. The quantitative estimate of drug-likeness (QED) is 0.476. The number of nitrogens with zero attached hydrogens (tertiary/aromatic N) is 4. The second kappa shape index (κ2) is 8.88. The Morgan fingerprint density at radius 1 is 1.17 bits per heavy atom. The Hall–Kier alpha value is -3.47. The molecule has 3 aromatic rings. The van der Waals surface area contributed by atoms with Crippen LogP contribution >= 0.6 is 0 Å². The van der Waals surface area contributed by atoms with Crippen LogP contribution in [0.5, 0.6) is 0 Å². The highest BCUT2D eigenvalue weighted by atomic mass is 19.4. The molecule has 2 aliphatic rings. The van der Waals surface area contributed by atoms with Gasteiger partial charge < -0.3 is 20.9 Å². The minimum absolute atomic E-state index is 0.0886. The van der Waals surface area contributed by atoms with Crippen LogP contribution in [0.3, 0.4) is 0 Å². The van der Waals surface area contributed by atoms with Gasteiger partial charge in [-0.05, 0) is 62.9 Å². The first kappa shape index (κ1) is 24.2. The standard InChI is InChI=1S/C25H28F3N7O/c1-13-12-35(10-9-34(13)2)24(36)22-20-18(32-33-22)8-7-17-19(20)14-5-3-4-6-15(14)21(31-17)16(11-29)23(30)25(26,27)28/h7-8,11,13,29H,3-6,9-10,12,30H2,1-2H3,(H,32,33)/t13-/m1/s1. The lowest BCUT2D eigenvalue weighted by Crippen LogP contribution is -2.52. The molecule has 190 valence electrons. The number of alkyl halides is 3. The van der Waals surface area contributed by atoms with Crippen LogP contribution in [0.2, 0.25) is 0 Å². The molecular weight excluding hydrogens is 471 g/mol. The molecular formula is C25H28F3N7O. The number of carbonyl (C=O) groups excluding carboxylic acids is 1. The van der Waals surface area contributed by atoms with Crippen LogP contribution in [0, 0.1) is 5.41 Å². The van der Waals surface area contributed by atoms with E-state index in [1.165, 1.54) is 0 Å². The van der Waals surface area contributed by atoms with E-state index in [2.05, 4.69) is 27.0 Å². The van der Waals surface area contributed by atoms with Gasteiger partial charge in [-0.2, -0.15) is 18.3 Å². The lowest BCUT2D eigenvalue weighted by Gasteiger charge is -2.37. The zero-order chi connectivity index (χ0) is 25.8. The van der Waals surface area contributed by atoms with E-state index in [1.807, 2.05) is 7.05 Å². The molecule has 0 saturated carbocycles. The molecule has 1 fully saturated rings. The van der Waals surface area contributed by atoms with Crippen molar-refractivity contribution in [2.45, 2.75) is 44.8 Å². The van der Waals surface area contributed by atoms with Gasteiger partial charge in [0.15, 0.2) is 5.69 Å². The summed E-state index contributed by atoms with van der Waals surface area (Å²) in [4.78, 5) is 22.2. The molecule has 2 aromatic heterocycles. The second-order valence-corrected chi connectivity index (χ2v) is 9.63. The third kappa shape index (κ3) is 3.91. The van der Waals surface area contributed by atoms with E-state index in [1.54, 1.807) is 17.0 Å². The summed E-state index contributed by atoms with van der Waals surface area (Å²) in [6, 6.07) is 3.67. The summed E-state index contributed by atoms with van der Waals surface area (Å²) in [5.74, 6) is -0.177. The molecule has 8 nitrogen and oxygen atoms in total. The van der Waals surface area contributed by atoms with Crippen molar-refractivity contribution in [3.05, 3.63) is 40.3 Å². The molecule has 1 aliphatic carbocycles. The number of hydrogen-bond acceptors (Lipinski definition) is 6. The van der Waals surface area contributed by atoms with Crippen molar-refractivity contribution >= 4 is 39.5 Å². The number of amides is 1. The third-order valence-electron chi connectivity index (χ3n) is 7.44. The summed E-state index contributed by atoms with van der Waals surface area (Å²) >= 11 is 0. The number of hydrogen-bond donors (Lipinski definition) is 3. The predicted molar refractivity (Wildman–Crippen MR) is 132 cm³/mol. The van der Waals surface area contributed by atoms with Crippen molar-refractivity contribution in [1.82, 2.24) is 25.0 Å². The third-order valence-corrected chi connectivity index (χ3v) is 7.44. The molecule has 36 heavy (non-hydrogen) atoms. The smallest absolute Gasteiger partial charge is 0.394 e. The fraction of sp³-hybridized carbons (Fsp3) is 0.440. The average molecular weight is 500 g/mol. The minimum Gasteiger partial charge on any atom is -0.394 e. The number of aryl methyl sites for hydroxylation is 1. The van der Waals surface area contributed by atoms with Crippen LogP contribution in [-0.4, -0.2) is 76.0 Å². The highest BCUT2D eigenvalue weighted by Gasteiger charge is 2.36. The number of carbonyl (C=O) groups is 1. The van der Waals surface area contributed by atoms with Gasteiger partial charge >= 0.3 is 6.18 Å². The number of allylic oxidation sites excluding steroid dienone is 2. The molecule has 0 spiro atoms. The van der Waals surface area contributed by atoms with E-state index in [0.717, 1.165) is 30.3 Å². The molecule has 5 rings (SSSR count). The maximum atomic E-state index is 13.6. The molecule has 1 amide bonds. The summed E-state index contributed by atoms with van der Waals surface area (Å²) in [7, 11) is 2.03. The van der Waals surface area contributed by atoms with Gasteiger partial charge in [-0.3, -0.25) is 9.89 Å². The van der Waals surface area contributed by atoms with Crippen molar-refractivity contribution in [3.63, 3.8) is 0 Å². The van der Waals surface area contributed by atoms with Gasteiger partial charge in [0.05, 0.1) is 16.7 Å². The topological polar surface area (TPSA) is 115 Å². The highest BCUT2D eigenvalue weighted by molar-refractivity contribution is 6.18. The molecule has 4 N–H and O–H groups in total. The molecule has 0 unspecified atom stereocenters. The number of benzene rings is 1. The average Bonchev–Trinajstić information content (AvgIpc) is 3.29. The molecule has 3 heterocycles. The van der Waals surface area contributed by atoms with E-state index in [9.17, 15) is 18.0 Å². The van der Waals surface area contributed by atoms with E-state index in [-0.39, 0.29) is 17.6 Å². The van der Waals surface area contributed by atoms with Crippen molar-refractivity contribution in [1.29, 1.82) is 5.41 Å². The summed E-state index contributed by atoms with van der Waals surface area (Å²) in [5.41, 5.74) is 6.70. The monoisotopic (exact) mass is 499 g/mol. The number of nitrogens with one attached hydrogen (secondary N) is 2. The van der Waals surface area contributed by atoms with Crippen LogP contribution in [-0.2, 0) is 12.8 Å². The fourth-order valence-corrected chi connectivity index (χ4v) is 5.32. The lowest BCUT2D eigenvalue weighted by atomic mass is 9.85. The number of aromatic amines is 1. The summed E-state index contributed by atoms with van der Waals surface area (Å²) in [5, 5.41) is 16.4. The van der Waals surface area contributed by atoms with Gasteiger partial charge in [-0.25, -0.2) is 4.98 Å². The summed E-state index contributed by atoms with van der Waals surface area (Å²) < 4.78 is 40.4. The Labute approximate surface area is 205 Å². The normalized spacial score (nSPS) is 19.9. The van der Waals surface area contributed by atoms with Gasteiger partial charge in [-0.1, -0.05) is 0 Å². The maximum absolute atomic E-state index is 13.6. The molecule has 0 radical (unpaired) electrons. The van der Waals surface area contributed by atoms with E-state index >= 15 is 0 Å². The minimum atomic E-state index is -4.78. The van der Waals surface area contributed by atoms with Crippen LogP contribution in [0.4, 0.5) is 13.2 Å². The molecule has 1 atom stereocenters. The van der Waals surface area contributed by atoms with Crippen LogP contribution in [0.1, 0.15) is 47.1 Å². The van der Waals surface area contributed by atoms with E-state index in [4.69, 9.17) is 11.1 Å². The van der Waals surface area contributed by atoms with Gasteiger partial charge in [0.1, 0.15) is 5.70 Å². The number of aromatic nitrogens is 3. The Morgan fingerprint density at radius 2 is 1.89 bits per heavy atom. The first-order valence-electron chi connectivity index (χ1n) is 12.0. The molecule has 1 aliphatic heterocycles. The van der Waals surface area contributed by atoms with Gasteiger partial charge in [-0.15, -0.1) is 0 Å². The predicted octanol–water partition coefficient (Wildman–Crippen LogP) is 3.65. The number of halogens is 3. The first-order valence-corrected chi connectivity index (χ1v) is 12.0. The fourth-order valence-electron chi connectivity index (χ4n) is 5.32. The highest BCUT2D eigenvalue weighted by Crippen LogP contribution is 2.39. The van der Waals surface area contributed by atoms with E-state index in [0.29, 0.717) is 59.8 Å². The Bertz CT molecular complexity index is 1410. The number of likely N-dealkylation sites (N-methyl/N-ethyl adjacent to an activating group) is 1. The first-order chi connectivity index (χ1) is 17.1. The van der Waals surface area contributed by atoms with Crippen molar-refractivity contribution in [2.24, 2.45) is 5.73 Å². The molecule has 1 aromatic carbocycles. The zero-order valence-corrected chi connectivity index (χ0v) is 20.2. The number of rotatable bonds is 3. The Kier molecular flexibility index (Phi) is 5.98. The summed E-state index contributed by atoms with van der Waals surface area (Å²) in [6.07, 6.45) is -1.36. The number of pyridine rings is 1. The van der Waals surface area contributed by atoms with Crippen LogP contribution in [0.25, 0.3) is 27.4 Å². The van der Waals surface area contributed by atoms with E-state index < -0.39 is 17.4 Å². The second-order valence-electron chi connectivity index (χ2n) is 9.63. The van der Waals surface area contributed by atoms with Crippen molar-refractivity contribution < 1.29 is 18.0 Å². The van der Waals surface area contributed by atoms with Gasteiger partial charge in [0.25, 0.3) is 5.91 Å². The maximum Gasteiger partial charge on any atom is 0.431 e. The van der Waals surface area contributed by atoms with Crippen LogP contribution < -0.4 is 5.73 Å². The Balaban J connectivity index is 1.74. The Morgan fingerprint density at radius 3 is 2.56 bits per heavy atom. The molecule has 1 saturated heterocycles. The van der Waals surface area contributed by atoms with Gasteiger partial charge in [0, 0.05) is 48.2 Å².